The molecule has 142 valence electrons. The smallest absolute Gasteiger partial charge is 0.253 e. The highest BCUT2D eigenvalue weighted by atomic mass is 19.1. The van der Waals surface area contributed by atoms with Gasteiger partial charge in [0.2, 0.25) is 0 Å². The van der Waals surface area contributed by atoms with Crippen molar-refractivity contribution in [1.29, 1.82) is 0 Å². The van der Waals surface area contributed by atoms with Gasteiger partial charge in [0.15, 0.2) is 0 Å². The fourth-order valence-electron chi connectivity index (χ4n) is 4.32. The predicted octanol–water partition coefficient (Wildman–Crippen LogP) is 3.57. The zero-order chi connectivity index (χ0) is 18.8. The second kappa shape index (κ2) is 7.69. The fraction of sp³-hybridized carbons (Fsp3) is 0.409. The Hall–Kier alpha value is -2.40. The Morgan fingerprint density at radius 2 is 1.93 bits per heavy atom. The number of hydrogen-bond donors (Lipinski definition) is 0. The molecule has 0 aromatic heterocycles. The molecule has 3 aliphatic heterocycles. The van der Waals surface area contributed by atoms with E-state index in [4.69, 9.17) is 4.74 Å². The average molecular weight is 368 g/mol. The number of rotatable bonds is 4. The highest BCUT2D eigenvalue weighted by Crippen LogP contribution is 2.31. The molecule has 0 saturated carbocycles. The molecular weight excluding hydrogens is 343 g/mol. The third-order valence-corrected chi connectivity index (χ3v) is 5.76. The van der Waals surface area contributed by atoms with Gasteiger partial charge in [0, 0.05) is 43.3 Å². The van der Waals surface area contributed by atoms with Gasteiger partial charge >= 0.3 is 0 Å². The molecule has 0 aliphatic carbocycles. The standard InChI is InChI=1S/C22H25FN2O2/c1-27-20-9-10-21(23)18(11-20)14-24-12-16-7-8-19(24)15-25(13-16)22(26)17-5-3-2-4-6-17/h2-6,9-11,16,19H,7-8,12-15H2,1H3/t16-,19-/m1/s1. The fourth-order valence-corrected chi connectivity index (χ4v) is 4.32. The van der Waals surface area contributed by atoms with Crippen LogP contribution in [0.3, 0.4) is 0 Å². The summed E-state index contributed by atoms with van der Waals surface area (Å²) in [4.78, 5) is 17.2. The number of nitrogens with zero attached hydrogens (tertiary/aromatic N) is 2. The number of fused-ring (bicyclic) bond motifs is 4. The lowest BCUT2D eigenvalue weighted by Gasteiger charge is -2.36. The quantitative estimate of drug-likeness (QED) is 0.827. The van der Waals surface area contributed by atoms with Gasteiger partial charge in [0.05, 0.1) is 7.11 Å². The first-order valence-corrected chi connectivity index (χ1v) is 9.55. The van der Waals surface area contributed by atoms with Crippen molar-refractivity contribution in [2.75, 3.05) is 26.7 Å². The minimum atomic E-state index is -0.201. The maximum Gasteiger partial charge on any atom is 0.253 e. The summed E-state index contributed by atoms with van der Waals surface area (Å²) in [5, 5.41) is 0. The summed E-state index contributed by atoms with van der Waals surface area (Å²) in [5.74, 6) is 1.01. The van der Waals surface area contributed by atoms with Gasteiger partial charge in [-0.3, -0.25) is 9.69 Å². The minimum absolute atomic E-state index is 0.0990. The maximum atomic E-state index is 14.3. The number of hydrogen-bond acceptors (Lipinski definition) is 3. The molecule has 2 aromatic carbocycles. The molecule has 5 heteroatoms. The molecule has 0 radical (unpaired) electrons. The van der Waals surface area contributed by atoms with Gasteiger partial charge in [-0.2, -0.15) is 0 Å². The normalized spacial score (nSPS) is 22.5. The molecule has 2 aromatic rings. The van der Waals surface area contributed by atoms with E-state index >= 15 is 0 Å². The van der Waals surface area contributed by atoms with Gasteiger partial charge in [-0.15, -0.1) is 0 Å². The van der Waals surface area contributed by atoms with E-state index in [-0.39, 0.29) is 17.8 Å². The Morgan fingerprint density at radius 1 is 1.11 bits per heavy atom. The van der Waals surface area contributed by atoms with Crippen LogP contribution in [0.2, 0.25) is 0 Å². The van der Waals surface area contributed by atoms with Gasteiger partial charge < -0.3 is 9.64 Å². The van der Waals surface area contributed by atoms with Crippen molar-refractivity contribution in [3.05, 3.63) is 65.5 Å². The Kier molecular flexibility index (Phi) is 5.12. The molecule has 3 heterocycles. The van der Waals surface area contributed by atoms with Gasteiger partial charge in [-0.1, -0.05) is 18.2 Å². The topological polar surface area (TPSA) is 32.8 Å². The minimum Gasteiger partial charge on any atom is -0.497 e. The van der Waals surface area contributed by atoms with Crippen molar-refractivity contribution in [3.63, 3.8) is 0 Å². The molecule has 4 nitrogen and oxygen atoms in total. The third kappa shape index (κ3) is 3.83. The van der Waals surface area contributed by atoms with Crippen LogP contribution < -0.4 is 4.74 Å². The number of carbonyl (C=O) groups is 1. The van der Waals surface area contributed by atoms with Crippen LogP contribution in [0.25, 0.3) is 0 Å². The van der Waals surface area contributed by atoms with Crippen LogP contribution in [0.5, 0.6) is 5.75 Å². The van der Waals surface area contributed by atoms with Crippen molar-refractivity contribution < 1.29 is 13.9 Å². The highest BCUT2D eigenvalue weighted by Gasteiger charge is 2.36. The first-order valence-electron chi connectivity index (χ1n) is 9.55. The van der Waals surface area contributed by atoms with E-state index in [1.54, 1.807) is 19.2 Å². The molecular formula is C22H25FN2O2. The molecule has 27 heavy (non-hydrogen) atoms. The Bertz CT molecular complexity index is 811. The van der Waals surface area contributed by atoms with E-state index in [1.165, 1.54) is 6.07 Å². The Morgan fingerprint density at radius 3 is 2.70 bits per heavy atom. The summed E-state index contributed by atoms with van der Waals surface area (Å²) in [5.41, 5.74) is 1.40. The Balaban J connectivity index is 1.51. The summed E-state index contributed by atoms with van der Waals surface area (Å²) in [6.07, 6.45) is 2.18. The lowest BCUT2D eigenvalue weighted by Crippen LogP contribution is -2.44. The summed E-state index contributed by atoms with van der Waals surface area (Å²) in [6, 6.07) is 14.6. The van der Waals surface area contributed by atoms with Gasteiger partial charge in [0.1, 0.15) is 11.6 Å². The zero-order valence-corrected chi connectivity index (χ0v) is 15.6. The number of piperidine rings is 1. The van der Waals surface area contributed by atoms with Crippen LogP contribution in [0.4, 0.5) is 4.39 Å². The van der Waals surface area contributed by atoms with Crippen molar-refractivity contribution in [2.24, 2.45) is 5.92 Å². The molecule has 5 rings (SSSR count). The van der Waals surface area contributed by atoms with Crippen molar-refractivity contribution >= 4 is 5.91 Å². The molecule has 3 fully saturated rings. The summed E-state index contributed by atoms with van der Waals surface area (Å²) < 4.78 is 19.5. The monoisotopic (exact) mass is 368 g/mol. The Labute approximate surface area is 159 Å². The molecule has 1 amide bonds. The molecule has 0 unspecified atom stereocenters. The van der Waals surface area contributed by atoms with Crippen molar-refractivity contribution in [3.8, 4) is 5.75 Å². The van der Waals surface area contributed by atoms with Crippen molar-refractivity contribution in [2.45, 2.75) is 25.4 Å². The summed E-state index contributed by atoms with van der Waals surface area (Å²) >= 11 is 0. The second-order valence-corrected chi connectivity index (χ2v) is 7.56. The van der Waals surface area contributed by atoms with Crippen LogP contribution in [-0.4, -0.2) is 48.5 Å². The number of carbonyl (C=O) groups excluding carboxylic acids is 1. The van der Waals surface area contributed by atoms with E-state index in [0.717, 1.165) is 31.5 Å². The number of ether oxygens (including phenoxy) is 1. The molecule has 2 atom stereocenters. The number of benzene rings is 2. The largest absolute Gasteiger partial charge is 0.497 e. The molecule has 0 spiro atoms. The molecule has 3 aliphatic rings. The number of amides is 1. The zero-order valence-electron chi connectivity index (χ0n) is 15.6. The van der Waals surface area contributed by atoms with E-state index in [9.17, 15) is 9.18 Å². The molecule has 3 saturated heterocycles. The van der Waals surface area contributed by atoms with Crippen LogP contribution >= 0.6 is 0 Å². The number of halogens is 1. The van der Waals surface area contributed by atoms with E-state index in [0.29, 0.717) is 30.3 Å². The first-order chi connectivity index (χ1) is 13.1. The van der Waals surface area contributed by atoms with E-state index in [2.05, 4.69) is 4.90 Å². The van der Waals surface area contributed by atoms with Gasteiger partial charge in [-0.05, 0) is 49.1 Å². The number of methoxy groups -OCH3 is 1. The third-order valence-electron chi connectivity index (χ3n) is 5.76. The highest BCUT2D eigenvalue weighted by molar-refractivity contribution is 5.94. The summed E-state index contributed by atoms with van der Waals surface area (Å²) in [7, 11) is 1.60. The molecule has 2 bridgehead atoms. The van der Waals surface area contributed by atoms with Gasteiger partial charge in [-0.25, -0.2) is 4.39 Å². The van der Waals surface area contributed by atoms with Gasteiger partial charge in [0.25, 0.3) is 5.91 Å². The summed E-state index contributed by atoms with van der Waals surface area (Å²) in [6.45, 7) is 2.94. The SMILES string of the molecule is COc1ccc(F)c(CN2C[C@H]3CC[C@@H]2CN(C(=O)c2ccccc2)C3)c1. The predicted molar refractivity (Wildman–Crippen MR) is 102 cm³/mol. The first kappa shape index (κ1) is 18.0. The molecule has 0 N–H and O–H groups in total. The van der Waals surface area contributed by atoms with Crippen LogP contribution in [-0.2, 0) is 6.54 Å². The second-order valence-electron chi connectivity index (χ2n) is 7.56. The lowest BCUT2D eigenvalue weighted by molar-refractivity contribution is 0.0735. The lowest BCUT2D eigenvalue weighted by atomic mass is 9.94. The van der Waals surface area contributed by atoms with E-state index < -0.39 is 0 Å². The van der Waals surface area contributed by atoms with E-state index in [1.807, 2.05) is 35.2 Å². The maximum absolute atomic E-state index is 14.3. The van der Waals surface area contributed by atoms with Crippen LogP contribution in [0.1, 0.15) is 28.8 Å². The van der Waals surface area contributed by atoms with Crippen LogP contribution in [0, 0.1) is 11.7 Å². The van der Waals surface area contributed by atoms with Crippen molar-refractivity contribution in [1.82, 2.24) is 9.80 Å². The average Bonchev–Trinajstić information content (AvgIpc) is 3.01. The van der Waals surface area contributed by atoms with Crippen LogP contribution in [0.15, 0.2) is 48.5 Å².